The Morgan fingerprint density at radius 2 is 2.31 bits per heavy atom. The zero-order chi connectivity index (χ0) is 11.5. The van der Waals surface area contributed by atoms with Gasteiger partial charge in [0.05, 0.1) is 12.4 Å². The predicted molar refractivity (Wildman–Crippen MR) is 65.3 cm³/mol. The monoisotopic (exact) mass is 281 g/mol. The van der Waals surface area contributed by atoms with Crippen molar-refractivity contribution in [3.63, 3.8) is 0 Å². The summed E-state index contributed by atoms with van der Waals surface area (Å²) < 4.78 is 8.36. The van der Waals surface area contributed by atoms with E-state index in [0.29, 0.717) is 12.3 Å². The number of rotatable bonds is 3. The van der Waals surface area contributed by atoms with Gasteiger partial charge in [0.25, 0.3) is 0 Å². The number of ether oxygens (including phenoxy) is 1. The van der Waals surface area contributed by atoms with Gasteiger partial charge in [0, 0.05) is 23.6 Å². The van der Waals surface area contributed by atoms with E-state index in [1.807, 2.05) is 25.2 Å². The van der Waals surface area contributed by atoms with Crippen LogP contribution in [0.25, 0.3) is 0 Å². The molecule has 0 saturated carbocycles. The number of benzene rings is 1. The van der Waals surface area contributed by atoms with E-state index in [4.69, 9.17) is 10.5 Å². The third kappa shape index (κ3) is 2.43. The molecule has 0 bridgehead atoms. The van der Waals surface area contributed by atoms with Gasteiger partial charge in [-0.25, -0.2) is 0 Å². The number of aryl methyl sites for hydroxylation is 1. The minimum absolute atomic E-state index is 0.447. The Kier molecular flexibility index (Phi) is 3.26. The largest absolute Gasteiger partial charge is 0.454 e. The molecule has 2 rings (SSSR count). The van der Waals surface area contributed by atoms with Crippen molar-refractivity contribution < 1.29 is 4.74 Å². The third-order valence-electron chi connectivity index (χ3n) is 2.16. The fourth-order valence-electron chi connectivity index (χ4n) is 1.37. The highest BCUT2D eigenvalue weighted by molar-refractivity contribution is 9.10. The van der Waals surface area contributed by atoms with Gasteiger partial charge >= 0.3 is 0 Å². The van der Waals surface area contributed by atoms with Crippen molar-refractivity contribution in [2.24, 2.45) is 12.8 Å². The minimum Gasteiger partial charge on any atom is -0.454 e. The maximum Gasteiger partial charge on any atom is 0.165 e. The molecule has 0 aliphatic rings. The first-order valence-corrected chi connectivity index (χ1v) is 5.63. The third-order valence-corrected chi connectivity index (χ3v) is 2.65. The van der Waals surface area contributed by atoms with Gasteiger partial charge in [0.15, 0.2) is 5.75 Å². The SMILES string of the molecule is Cn1cc(Oc2cc(Br)ccc2CN)cn1. The van der Waals surface area contributed by atoms with Crippen molar-refractivity contribution >= 4 is 15.9 Å². The lowest BCUT2D eigenvalue weighted by Crippen LogP contribution is -1.99. The number of halogens is 1. The first-order chi connectivity index (χ1) is 7.69. The Bertz CT molecular complexity index is 496. The van der Waals surface area contributed by atoms with Crippen LogP contribution in [0.3, 0.4) is 0 Å². The fourth-order valence-corrected chi connectivity index (χ4v) is 1.71. The lowest BCUT2D eigenvalue weighted by molar-refractivity contribution is 0.475. The molecular weight excluding hydrogens is 270 g/mol. The van der Waals surface area contributed by atoms with Crippen molar-refractivity contribution in [2.45, 2.75) is 6.54 Å². The highest BCUT2D eigenvalue weighted by Crippen LogP contribution is 2.27. The van der Waals surface area contributed by atoms with E-state index in [0.717, 1.165) is 15.8 Å². The van der Waals surface area contributed by atoms with Crippen molar-refractivity contribution in [1.29, 1.82) is 0 Å². The second kappa shape index (κ2) is 4.67. The summed E-state index contributed by atoms with van der Waals surface area (Å²) >= 11 is 3.40. The van der Waals surface area contributed by atoms with E-state index in [1.165, 1.54) is 0 Å². The molecule has 1 aromatic heterocycles. The molecule has 0 atom stereocenters. The summed E-state index contributed by atoms with van der Waals surface area (Å²) in [5.41, 5.74) is 6.61. The van der Waals surface area contributed by atoms with Gasteiger partial charge < -0.3 is 10.5 Å². The van der Waals surface area contributed by atoms with Gasteiger partial charge in [-0.15, -0.1) is 0 Å². The van der Waals surface area contributed by atoms with Crippen LogP contribution in [0.1, 0.15) is 5.56 Å². The summed E-state index contributed by atoms with van der Waals surface area (Å²) in [4.78, 5) is 0. The molecule has 0 aliphatic heterocycles. The van der Waals surface area contributed by atoms with Crippen LogP contribution in [0.5, 0.6) is 11.5 Å². The Morgan fingerprint density at radius 1 is 1.50 bits per heavy atom. The molecule has 0 saturated heterocycles. The van der Waals surface area contributed by atoms with Crippen LogP contribution in [0.15, 0.2) is 35.1 Å². The van der Waals surface area contributed by atoms with E-state index < -0.39 is 0 Å². The maximum absolute atomic E-state index is 5.71. The van der Waals surface area contributed by atoms with E-state index >= 15 is 0 Å². The molecule has 16 heavy (non-hydrogen) atoms. The minimum atomic E-state index is 0.447. The molecule has 2 aromatic rings. The summed E-state index contributed by atoms with van der Waals surface area (Å²) in [7, 11) is 1.84. The predicted octanol–water partition coefficient (Wildman–Crippen LogP) is 2.43. The first-order valence-electron chi connectivity index (χ1n) is 4.84. The molecule has 0 radical (unpaired) electrons. The number of nitrogens with zero attached hydrogens (tertiary/aromatic N) is 2. The van der Waals surface area contributed by atoms with E-state index in [-0.39, 0.29) is 0 Å². The summed E-state index contributed by atoms with van der Waals surface area (Å²) in [6, 6.07) is 5.78. The number of nitrogens with two attached hydrogens (primary N) is 1. The topological polar surface area (TPSA) is 53.1 Å². The quantitative estimate of drug-likeness (QED) is 0.940. The molecule has 84 valence electrons. The molecule has 4 nitrogen and oxygen atoms in total. The van der Waals surface area contributed by atoms with Crippen molar-refractivity contribution in [2.75, 3.05) is 0 Å². The van der Waals surface area contributed by atoms with Crippen LogP contribution >= 0.6 is 15.9 Å². The van der Waals surface area contributed by atoms with Crippen LogP contribution in [0.2, 0.25) is 0 Å². The zero-order valence-electron chi connectivity index (χ0n) is 8.85. The number of hydrogen-bond acceptors (Lipinski definition) is 3. The smallest absolute Gasteiger partial charge is 0.165 e. The van der Waals surface area contributed by atoms with Gasteiger partial charge in [-0.1, -0.05) is 22.0 Å². The Morgan fingerprint density at radius 3 is 2.94 bits per heavy atom. The van der Waals surface area contributed by atoms with Gasteiger partial charge in [-0.05, 0) is 12.1 Å². The second-order valence-electron chi connectivity index (χ2n) is 3.41. The average Bonchev–Trinajstić information content (AvgIpc) is 2.64. The number of aromatic nitrogens is 2. The van der Waals surface area contributed by atoms with Gasteiger partial charge in [0.2, 0.25) is 0 Å². The Hall–Kier alpha value is -1.33. The zero-order valence-corrected chi connectivity index (χ0v) is 10.4. The Balaban J connectivity index is 2.29. The molecule has 0 aliphatic carbocycles. The van der Waals surface area contributed by atoms with Gasteiger partial charge in [0.1, 0.15) is 5.75 Å². The van der Waals surface area contributed by atoms with Crippen LogP contribution in [-0.4, -0.2) is 9.78 Å². The highest BCUT2D eigenvalue weighted by atomic mass is 79.9. The van der Waals surface area contributed by atoms with E-state index in [9.17, 15) is 0 Å². The van der Waals surface area contributed by atoms with Gasteiger partial charge in [-0.3, -0.25) is 4.68 Å². The van der Waals surface area contributed by atoms with Crippen LogP contribution in [-0.2, 0) is 13.6 Å². The van der Waals surface area contributed by atoms with Gasteiger partial charge in [-0.2, -0.15) is 5.10 Å². The highest BCUT2D eigenvalue weighted by Gasteiger charge is 2.05. The maximum atomic E-state index is 5.71. The molecule has 0 spiro atoms. The summed E-state index contributed by atoms with van der Waals surface area (Å²) in [5, 5.41) is 4.04. The normalized spacial score (nSPS) is 10.4. The number of hydrogen-bond donors (Lipinski definition) is 1. The molecule has 0 fully saturated rings. The van der Waals surface area contributed by atoms with Crippen LogP contribution < -0.4 is 10.5 Å². The molecule has 5 heteroatoms. The van der Waals surface area contributed by atoms with Crippen molar-refractivity contribution in [3.05, 3.63) is 40.6 Å². The van der Waals surface area contributed by atoms with Crippen LogP contribution in [0.4, 0.5) is 0 Å². The van der Waals surface area contributed by atoms with Crippen molar-refractivity contribution in [3.8, 4) is 11.5 Å². The van der Waals surface area contributed by atoms with Crippen LogP contribution in [0, 0.1) is 0 Å². The summed E-state index contributed by atoms with van der Waals surface area (Å²) in [5.74, 6) is 1.46. The molecule has 0 amide bonds. The molecule has 0 unspecified atom stereocenters. The fraction of sp³-hybridized carbons (Fsp3) is 0.182. The molecule has 1 heterocycles. The standard InChI is InChI=1S/C11H12BrN3O/c1-15-7-10(6-14-15)16-11-4-9(12)3-2-8(11)5-13/h2-4,6-7H,5,13H2,1H3. The van der Waals surface area contributed by atoms with E-state index in [1.54, 1.807) is 17.1 Å². The summed E-state index contributed by atoms with van der Waals surface area (Å²) in [6.45, 7) is 0.447. The molecule has 1 aromatic carbocycles. The second-order valence-corrected chi connectivity index (χ2v) is 4.32. The molecular formula is C11H12BrN3O. The van der Waals surface area contributed by atoms with E-state index in [2.05, 4.69) is 21.0 Å². The molecule has 2 N–H and O–H groups in total. The lowest BCUT2D eigenvalue weighted by Gasteiger charge is -2.08. The Labute approximate surface area is 102 Å². The summed E-state index contributed by atoms with van der Waals surface area (Å²) in [6.07, 6.45) is 3.47. The van der Waals surface area contributed by atoms with Crippen molar-refractivity contribution in [1.82, 2.24) is 9.78 Å². The average molecular weight is 282 g/mol. The first kappa shape index (κ1) is 11.2. The lowest BCUT2D eigenvalue weighted by atomic mass is 10.2.